The van der Waals surface area contributed by atoms with Gasteiger partial charge in [-0.1, -0.05) is 0 Å². The minimum atomic E-state index is -3.77. The molecule has 1 heterocycles. The van der Waals surface area contributed by atoms with Crippen LogP contribution in [0.3, 0.4) is 0 Å². The first-order chi connectivity index (χ1) is 11.6. The number of hydrogen-bond acceptors (Lipinski definition) is 4. The van der Waals surface area contributed by atoms with Crippen LogP contribution < -0.4 is 10.9 Å². The average Bonchev–Trinajstić information content (AvgIpc) is 2.52. The van der Waals surface area contributed by atoms with E-state index in [2.05, 4.69) is 5.32 Å². The molecule has 0 spiro atoms. The van der Waals surface area contributed by atoms with Crippen LogP contribution in [0.15, 0.2) is 46.2 Å². The van der Waals surface area contributed by atoms with E-state index in [0.29, 0.717) is 0 Å². The highest BCUT2D eigenvalue weighted by Gasteiger charge is 2.18. The van der Waals surface area contributed by atoms with E-state index in [1.54, 1.807) is 0 Å². The predicted molar refractivity (Wildman–Crippen MR) is 86.6 cm³/mol. The summed E-state index contributed by atoms with van der Waals surface area (Å²) in [5, 5.41) is 2.30. The van der Waals surface area contributed by atoms with E-state index in [1.165, 1.54) is 14.1 Å². The highest BCUT2D eigenvalue weighted by atomic mass is 32.2. The number of pyridine rings is 1. The third-order valence-electron chi connectivity index (χ3n) is 3.25. The quantitative estimate of drug-likeness (QED) is 0.850. The lowest BCUT2D eigenvalue weighted by molar-refractivity contribution is -0.116. The Morgan fingerprint density at radius 2 is 1.84 bits per heavy atom. The van der Waals surface area contributed by atoms with Crippen LogP contribution in [0.2, 0.25) is 0 Å². The van der Waals surface area contributed by atoms with Crippen LogP contribution in [0.5, 0.6) is 0 Å². The Bertz CT molecular complexity index is 971. The molecular weight excluding hydrogens is 356 g/mol. The molecule has 0 aliphatic carbocycles. The molecule has 7 nitrogen and oxygen atoms in total. The number of rotatable bonds is 5. The van der Waals surface area contributed by atoms with Gasteiger partial charge in [0.05, 0.1) is 4.90 Å². The molecule has 0 atom stereocenters. The summed E-state index contributed by atoms with van der Waals surface area (Å²) in [6, 6.07) is 4.97. The molecule has 0 saturated heterocycles. The zero-order valence-electron chi connectivity index (χ0n) is 13.4. The van der Waals surface area contributed by atoms with E-state index in [9.17, 15) is 26.8 Å². The Morgan fingerprint density at radius 3 is 2.44 bits per heavy atom. The van der Waals surface area contributed by atoms with E-state index in [0.717, 1.165) is 45.4 Å². The number of benzene rings is 1. The van der Waals surface area contributed by atoms with Crippen molar-refractivity contribution >= 4 is 21.6 Å². The molecule has 0 radical (unpaired) electrons. The number of aromatic nitrogens is 1. The Morgan fingerprint density at radius 1 is 1.16 bits per heavy atom. The molecule has 1 N–H and O–H groups in total. The molecule has 1 aromatic carbocycles. The van der Waals surface area contributed by atoms with E-state index in [1.807, 2.05) is 0 Å². The number of sulfonamides is 1. The van der Waals surface area contributed by atoms with E-state index < -0.39 is 39.7 Å². The number of hydrogen-bond donors (Lipinski definition) is 1. The van der Waals surface area contributed by atoms with Crippen molar-refractivity contribution in [1.29, 1.82) is 0 Å². The van der Waals surface area contributed by atoms with Gasteiger partial charge in [-0.05, 0) is 18.2 Å². The summed E-state index contributed by atoms with van der Waals surface area (Å²) in [5.41, 5.74) is -0.577. The largest absolute Gasteiger partial charge is 0.324 e. The second-order valence-corrected chi connectivity index (χ2v) is 7.45. The molecule has 0 aliphatic rings. The molecule has 0 saturated carbocycles. The first kappa shape index (κ1) is 18.7. The third kappa shape index (κ3) is 4.28. The van der Waals surface area contributed by atoms with Crippen molar-refractivity contribution in [3.8, 4) is 0 Å². The topological polar surface area (TPSA) is 88.5 Å². The normalized spacial score (nSPS) is 11.6. The van der Waals surface area contributed by atoms with Crippen molar-refractivity contribution < 1.29 is 22.0 Å². The molecule has 0 unspecified atom stereocenters. The first-order valence-electron chi connectivity index (χ1n) is 6.99. The maximum atomic E-state index is 13.1. The molecule has 2 rings (SSSR count). The van der Waals surface area contributed by atoms with Crippen LogP contribution in [-0.4, -0.2) is 37.3 Å². The van der Waals surface area contributed by atoms with Crippen molar-refractivity contribution in [2.24, 2.45) is 0 Å². The van der Waals surface area contributed by atoms with Crippen LogP contribution in [-0.2, 0) is 21.4 Å². The van der Waals surface area contributed by atoms with Crippen molar-refractivity contribution in [3.05, 3.63) is 58.5 Å². The average molecular weight is 371 g/mol. The van der Waals surface area contributed by atoms with Crippen molar-refractivity contribution in [2.45, 2.75) is 11.4 Å². The van der Waals surface area contributed by atoms with Crippen LogP contribution in [0.25, 0.3) is 0 Å². The van der Waals surface area contributed by atoms with E-state index in [4.69, 9.17) is 0 Å². The Hall–Kier alpha value is -2.59. The lowest BCUT2D eigenvalue weighted by Gasteiger charge is -2.13. The number of anilines is 1. The second-order valence-electron chi connectivity index (χ2n) is 5.30. The van der Waals surface area contributed by atoms with Gasteiger partial charge in [-0.25, -0.2) is 21.5 Å². The molecule has 0 bridgehead atoms. The molecular formula is C15H15F2N3O4S. The molecule has 25 heavy (non-hydrogen) atoms. The van der Waals surface area contributed by atoms with Gasteiger partial charge >= 0.3 is 0 Å². The molecule has 1 amide bonds. The minimum absolute atomic E-state index is 0.00835. The maximum absolute atomic E-state index is 13.1. The summed E-state index contributed by atoms with van der Waals surface area (Å²) in [6.07, 6.45) is 1.04. The molecule has 1 aromatic heterocycles. The SMILES string of the molecule is CN(C)S(=O)(=O)c1ccc(=O)n(CC(=O)Nc2ccc(F)c(F)c2)c1. The van der Waals surface area contributed by atoms with Gasteiger partial charge in [-0.3, -0.25) is 9.59 Å². The fourth-order valence-electron chi connectivity index (χ4n) is 1.93. The van der Waals surface area contributed by atoms with Crippen LogP contribution in [0.4, 0.5) is 14.5 Å². The fourth-order valence-corrected chi connectivity index (χ4v) is 2.85. The fraction of sp³-hybridized carbons (Fsp3) is 0.200. The van der Waals surface area contributed by atoms with Gasteiger partial charge in [-0.2, -0.15) is 0 Å². The van der Waals surface area contributed by atoms with Gasteiger partial charge < -0.3 is 9.88 Å². The van der Waals surface area contributed by atoms with Gasteiger partial charge in [-0.15, -0.1) is 0 Å². The zero-order chi connectivity index (χ0) is 18.8. The number of amides is 1. The molecule has 2 aromatic rings. The van der Waals surface area contributed by atoms with Crippen molar-refractivity contribution in [1.82, 2.24) is 8.87 Å². The van der Waals surface area contributed by atoms with Crippen LogP contribution in [0.1, 0.15) is 0 Å². The Labute approximate surface area is 142 Å². The smallest absolute Gasteiger partial charge is 0.251 e. The number of halogens is 2. The van der Waals surface area contributed by atoms with Crippen LogP contribution in [0, 0.1) is 11.6 Å². The summed E-state index contributed by atoms with van der Waals surface area (Å²) in [6.45, 7) is -0.491. The number of carbonyl (C=O) groups is 1. The lowest BCUT2D eigenvalue weighted by atomic mass is 10.3. The number of carbonyl (C=O) groups excluding carboxylic acids is 1. The number of nitrogens with one attached hydrogen (secondary N) is 1. The van der Waals surface area contributed by atoms with Crippen molar-refractivity contribution in [3.63, 3.8) is 0 Å². The number of nitrogens with zero attached hydrogens (tertiary/aromatic N) is 2. The summed E-state index contributed by atoms with van der Waals surface area (Å²) < 4.78 is 52.0. The van der Waals surface area contributed by atoms with Gasteiger partial charge in [0.25, 0.3) is 5.56 Å². The maximum Gasteiger partial charge on any atom is 0.251 e. The van der Waals surface area contributed by atoms with Gasteiger partial charge in [0.15, 0.2) is 11.6 Å². The predicted octanol–water partition coefficient (Wildman–Crippen LogP) is 1.02. The molecule has 10 heteroatoms. The highest BCUT2D eigenvalue weighted by molar-refractivity contribution is 7.89. The zero-order valence-corrected chi connectivity index (χ0v) is 14.2. The monoisotopic (exact) mass is 371 g/mol. The molecule has 0 fully saturated rings. The van der Waals surface area contributed by atoms with Crippen molar-refractivity contribution in [2.75, 3.05) is 19.4 Å². The Kier molecular flexibility index (Phi) is 5.33. The second kappa shape index (κ2) is 7.11. The Balaban J connectivity index is 2.23. The molecule has 134 valence electrons. The lowest BCUT2D eigenvalue weighted by Crippen LogP contribution is -2.29. The summed E-state index contributed by atoms with van der Waals surface area (Å²) in [7, 11) is -1.10. The van der Waals surface area contributed by atoms with E-state index in [-0.39, 0.29) is 10.6 Å². The van der Waals surface area contributed by atoms with Gasteiger partial charge in [0, 0.05) is 38.1 Å². The van der Waals surface area contributed by atoms with E-state index >= 15 is 0 Å². The van der Waals surface area contributed by atoms with Gasteiger partial charge in [0.1, 0.15) is 6.54 Å². The molecule has 0 aliphatic heterocycles. The standard InChI is InChI=1S/C15H15F2N3O4S/c1-19(2)25(23,24)11-4-6-15(22)20(8-11)9-14(21)18-10-3-5-12(16)13(17)7-10/h3-8H,9H2,1-2H3,(H,18,21). The summed E-state index contributed by atoms with van der Waals surface area (Å²) in [4.78, 5) is 23.6. The third-order valence-corrected chi connectivity index (χ3v) is 5.05. The summed E-state index contributed by atoms with van der Waals surface area (Å²) >= 11 is 0. The summed E-state index contributed by atoms with van der Waals surface area (Å²) in [5.74, 6) is -2.89. The van der Waals surface area contributed by atoms with Crippen LogP contribution >= 0.6 is 0 Å². The highest BCUT2D eigenvalue weighted by Crippen LogP contribution is 2.13. The van der Waals surface area contributed by atoms with Gasteiger partial charge in [0.2, 0.25) is 15.9 Å². The first-order valence-corrected chi connectivity index (χ1v) is 8.43. The minimum Gasteiger partial charge on any atom is -0.324 e.